The third kappa shape index (κ3) is 4.94. The van der Waals surface area contributed by atoms with Crippen molar-refractivity contribution in [2.45, 2.75) is 48.8 Å². The summed E-state index contributed by atoms with van der Waals surface area (Å²) in [6, 6.07) is 14.2. The number of carbonyl (C=O) groups is 4. The lowest BCUT2D eigenvalue weighted by molar-refractivity contribution is -0.134. The van der Waals surface area contributed by atoms with E-state index in [9.17, 15) is 24.0 Å². The monoisotopic (exact) mass is 673 g/mol. The van der Waals surface area contributed by atoms with Crippen molar-refractivity contribution in [3.63, 3.8) is 0 Å². The van der Waals surface area contributed by atoms with Gasteiger partial charge in [-0.05, 0) is 80.7 Å². The van der Waals surface area contributed by atoms with Gasteiger partial charge in [-0.15, -0.1) is 11.8 Å². The quantitative estimate of drug-likeness (QED) is 0.283. The summed E-state index contributed by atoms with van der Waals surface area (Å²) in [7, 11) is 0. The van der Waals surface area contributed by atoms with E-state index in [1.54, 1.807) is 43.0 Å². The number of thiazole rings is 1. The predicted octanol–water partition coefficient (Wildman–Crippen LogP) is 4.68. The number of nitrogens with one attached hydrogen (secondary N) is 1. The molecule has 6 unspecified atom stereocenters. The fourth-order valence-electron chi connectivity index (χ4n) is 8.82. The molecule has 3 amide bonds. The molecule has 244 valence electrons. The zero-order valence-electron chi connectivity index (χ0n) is 25.9. The number of hydrogen-bond acceptors (Lipinski definition) is 9. The third-order valence-corrected chi connectivity index (χ3v) is 13.3. The molecule has 3 aliphatic heterocycles. The number of thioether (sulfide) groups is 1. The summed E-state index contributed by atoms with van der Waals surface area (Å²) >= 11 is 2.83. The molecule has 2 aliphatic carbocycles. The summed E-state index contributed by atoms with van der Waals surface area (Å²) in [5.74, 6) is -1.51. The number of fused-ring (bicyclic) bond motifs is 9. The Bertz CT molecular complexity index is 1810. The minimum Gasteiger partial charge on any atom is -0.483 e. The van der Waals surface area contributed by atoms with Crippen LogP contribution in [-0.2, 0) is 19.1 Å². The Morgan fingerprint density at radius 3 is 2.40 bits per heavy atom. The van der Waals surface area contributed by atoms with E-state index in [1.807, 2.05) is 29.2 Å². The van der Waals surface area contributed by atoms with Crippen LogP contribution in [0.5, 0.6) is 5.75 Å². The Labute approximate surface area is 279 Å². The van der Waals surface area contributed by atoms with E-state index in [-0.39, 0.29) is 64.7 Å². The van der Waals surface area contributed by atoms with Crippen LogP contribution in [0.1, 0.15) is 59.3 Å². The minimum atomic E-state index is -0.465. The number of para-hydroxylation sites is 1. The zero-order chi connectivity index (χ0) is 32.4. The van der Waals surface area contributed by atoms with E-state index < -0.39 is 17.8 Å². The van der Waals surface area contributed by atoms with Crippen LogP contribution >= 0.6 is 23.1 Å². The first-order chi connectivity index (χ1) is 22.9. The molecule has 0 radical (unpaired) electrons. The number of nitrogens with zero attached hydrogens (tertiary/aromatic N) is 2. The zero-order valence-corrected chi connectivity index (χ0v) is 27.5. The number of carbonyl (C=O) groups excluding carboxylic acids is 4. The number of piperidine rings is 1. The number of anilines is 1. The standard InChI is InChI=1S/C35H35N3O7S2/c1-2-44-34(42)18-10-12-19(13-11-18)38-32(40)27-21-16-22(28(27)33(38)41)29-26(21)25(30-31(46-29)36-35(43)47-30)20-8-4-5-9-23(20)45-17-24(39)37-14-6-3-7-15-37/h4-5,8-13,21-22,25-29H,2-3,6-7,14-17H2,1H3,(H,36,43)/t21?,22?,25-,26?,27?,28?,29?/m1/s1. The van der Waals surface area contributed by atoms with Crippen LogP contribution in [0.25, 0.3) is 0 Å². The molecule has 5 aliphatic rings. The highest BCUT2D eigenvalue weighted by molar-refractivity contribution is 8.00. The second-order valence-electron chi connectivity index (χ2n) is 13.0. The summed E-state index contributed by atoms with van der Waals surface area (Å²) in [6.45, 7) is 3.43. The number of amides is 3. The van der Waals surface area contributed by atoms with Crippen molar-refractivity contribution < 1.29 is 28.7 Å². The van der Waals surface area contributed by atoms with Crippen molar-refractivity contribution in [1.82, 2.24) is 9.88 Å². The predicted molar refractivity (Wildman–Crippen MR) is 176 cm³/mol. The van der Waals surface area contributed by atoms with Gasteiger partial charge in [0.15, 0.2) is 6.61 Å². The Kier molecular flexibility index (Phi) is 7.75. The molecule has 47 heavy (non-hydrogen) atoms. The van der Waals surface area contributed by atoms with Crippen LogP contribution in [0.2, 0.25) is 0 Å². The molecule has 0 spiro atoms. The first-order valence-electron chi connectivity index (χ1n) is 16.4. The average molecular weight is 674 g/mol. The molecule has 8 rings (SSSR count). The lowest BCUT2D eigenvalue weighted by atomic mass is 9.68. The number of imide groups is 1. The third-order valence-electron chi connectivity index (χ3n) is 10.7. The van der Waals surface area contributed by atoms with Gasteiger partial charge in [0.2, 0.25) is 11.8 Å². The van der Waals surface area contributed by atoms with Crippen molar-refractivity contribution in [2.24, 2.45) is 29.6 Å². The summed E-state index contributed by atoms with van der Waals surface area (Å²) < 4.78 is 11.3. The Morgan fingerprint density at radius 2 is 1.66 bits per heavy atom. The average Bonchev–Trinajstić information content (AvgIpc) is 3.83. The van der Waals surface area contributed by atoms with Crippen molar-refractivity contribution >= 4 is 52.5 Å². The second kappa shape index (κ2) is 12.0. The number of aromatic amines is 1. The van der Waals surface area contributed by atoms with E-state index in [4.69, 9.17) is 9.47 Å². The van der Waals surface area contributed by atoms with Gasteiger partial charge in [0.05, 0.1) is 34.7 Å². The first-order valence-corrected chi connectivity index (χ1v) is 18.1. The van der Waals surface area contributed by atoms with Crippen molar-refractivity contribution in [3.8, 4) is 5.75 Å². The molecular weight excluding hydrogens is 639 g/mol. The van der Waals surface area contributed by atoms with Crippen molar-refractivity contribution in [1.29, 1.82) is 0 Å². The van der Waals surface area contributed by atoms with Gasteiger partial charge in [0.1, 0.15) is 5.75 Å². The number of likely N-dealkylation sites (tertiary alicyclic amines) is 1. The van der Waals surface area contributed by atoms with Gasteiger partial charge in [-0.1, -0.05) is 29.5 Å². The van der Waals surface area contributed by atoms with Crippen LogP contribution in [0.3, 0.4) is 0 Å². The highest BCUT2D eigenvalue weighted by atomic mass is 32.2. The van der Waals surface area contributed by atoms with E-state index in [2.05, 4.69) is 4.98 Å². The van der Waals surface area contributed by atoms with Crippen molar-refractivity contribution in [3.05, 3.63) is 74.2 Å². The summed E-state index contributed by atoms with van der Waals surface area (Å²) in [5, 5.41) is 0.840. The van der Waals surface area contributed by atoms with E-state index in [0.717, 1.165) is 54.2 Å². The number of benzene rings is 2. The maximum absolute atomic E-state index is 14.2. The van der Waals surface area contributed by atoms with Gasteiger partial charge in [-0.2, -0.15) is 0 Å². The molecule has 2 saturated heterocycles. The lowest BCUT2D eigenvalue weighted by Crippen LogP contribution is -2.43. The van der Waals surface area contributed by atoms with E-state index >= 15 is 0 Å². The number of hydrogen-bond donors (Lipinski definition) is 1. The Balaban J connectivity index is 1.11. The molecule has 2 saturated carbocycles. The van der Waals surface area contributed by atoms with E-state index in [0.29, 0.717) is 17.0 Å². The van der Waals surface area contributed by atoms with Crippen LogP contribution in [-0.4, -0.2) is 65.1 Å². The summed E-state index contributed by atoms with van der Waals surface area (Å²) in [5.41, 5.74) is 1.71. The van der Waals surface area contributed by atoms with Gasteiger partial charge in [-0.25, -0.2) is 4.79 Å². The van der Waals surface area contributed by atoms with Gasteiger partial charge in [-0.3, -0.25) is 24.1 Å². The molecule has 2 bridgehead atoms. The molecule has 10 nitrogen and oxygen atoms in total. The maximum atomic E-state index is 14.2. The molecule has 1 aromatic heterocycles. The fourth-order valence-corrected chi connectivity index (χ4v) is 11.7. The highest BCUT2D eigenvalue weighted by Gasteiger charge is 2.69. The summed E-state index contributed by atoms with van der Waals surface area (Å²) in [6.07, 6.45) is 3.90. The highest BCUT2D eigenvalue weighted by Crippen LogP contribution is 2.69. The largest absolute Gasteiger partial charge is 0.483 e. The number of H-pyrrole nitrogens is 1. The van der Waals surface area contributed by atoms with Gasteiger partial charge in [0.25, 0.3) is 5.91 Å². The Hall–Kier alpha value is -3.90. The van der Waals surface area contributed by atoms with Crippen LogP contribution in [0.15, 0.2) is 58.4 Å². The first kappa shape index (κ1) is 30.4. The number of aromatic nitrogens is 1. The molecule has 12 heteroatoms. The molecular formula is C35H35N3O7S2. The van der Waals surface area contributed by atoms with Crippen LogP contribution < -0.4 is 14.5 Å². The molecule has 7 atom stereocenters. The van der Waals surface area contributed by atoms with Gasteiger partial charge < -0.3 is 19.4 Å². The topological polar surface area (TPSA) is 126 Å². The number of rotatable bonds is 7. The Morgan fingerprint density at radius 1 is 0.936 bits per heavy atom. The number of ether oxygens (including phenoxy) is 2. The molecule has 4 heterocycles. The van der Waals surface area contributed by atoms with Crippen LogP contribution in [0.4, 0.5) is 5.69 Å². The van der Waals surface area contributed by atoms with Gasteiger partial charge in [0, 0.05) is 34.7 Å². The number of esters is 1. The summed E-state index contributed by atoms with van der Waals surface area (Å²) in [4.78, 5) is 73.1. The van der Waals surface area contributed by atoms with Gasteiger partial charge >= 0.3 is 10.8 Å². The van der Waals surface area contributed by atoms with E-state index in [1.165, 1.54) is 16.2 Å². The molecule has 2 aromatic carbocycles. The fraction of sp³-hybridized carbons (Fsp3) is 0.457. The molecule has 1 N–H and O–H groups in total. The lowest BCUT2D eigenvalue weighted by Gasteiger charge is -2.43. The smallest absolute Gasteiger partial charge is 0.338 e. The van der Waals surface area contributed by atoms with Crippen molar-refractivity contribution in [2.75, 3.05) is 31.2 Å². The minimum absolute atomic E-state index is 0.00404. The second-order valence-corrected chi connectivity index (χ2v) is 15.2. The van der Waals surface area contributed by atoms with Crippen LogP contribution in [0, 0.1) is 29.6 Å². The SMILES string of the molecule is CCOC(=O)c1ccc(N2C(=O)C3C4CC(C3C2=O)C2C4Sc3[nH]c(=O)sc3[C@@H]2c2ccccc2OCC(=O)N2CCCCC2)cc1. The molecule has 3 aromatic rings. The maximum Gasteiger partial charge on any atom is 0.338 e. The molecule has 4 fully saturated rings. The normalized spacial score (nSPS) is 29.0.